The summed E-state index contributed by atoms with van der Waals surface area (Å²) in [6.07, 6.45) is 3.71. The predicted octanol–water partition coefficient (Wildman–Crippen LogP) is 0.433. The average molecular weight is 322 g/mol. The minimum atomic E-state index is -0.0699. The van der Waals surface area contributed by atoms with Crippen molar-refractivity contribution in [2.45, 2.75) is 32.4 Å². The average Bonchev–Trinajstić information content (AvgIpc) is 2.96. The maximum Gasteiger partial charge on any atom is 0.272 e. The van der Waals surface area contributed by atoms with Crippen molar-refractivity contribution in [1.82, 2.24) is 20.0 Å². The van der Waals surface area contributed by atoms with Gasteiger partial charge in [0.2, 0.25) is 0 Å². The molecular formula is C16H26N4O3. The van der Waals surface area contributed by atoms with Crippen LogP contribution in [0.4, 0.5) is 0 Å². The van der Waals surface area contributed by atoms with Gasteiger partial charge in [-0.3, -0.25) is 14.4 Å². The van der Waals surface area contributed by atoms with Gasteiger partial charge < -0.3 is 14.8 Å². The lowest BCUT2D eigenvalue weighted by molar-refractivity contribution is 0.0359. The first kappa shape index (κ1) is 16.4. The van der Waals surface area contributed by atoms with Crippen LogP contribution < -0.4 is 5.32 Å². The van der Waals surface area contributed by atoms with Gasteiger partial charge in [0.1, 0.15) is 0 Å². The zero-order chi connectivity index (χ0) is 16.1. The van der Waals surface area contributed by atoms with Crippen LogP contribution in [0.25, 0.3) is 0 Å². The van der Waals surface area contributed by atoms with E-state index in [-0.39, 0.29) is 11.9 Å². The second-order valence-electron chi connectivity index (χ2n) is 6.24. The fourth-order valence-electron chi connectivity index (χ4n) is 3.02. The molecule has 1 N–H and O–H groups in total. The van der Waals surface area contributed by atoms with E-state index in [9.17, 15) is 4.79 Å². The van der Waals surface area contributed by atoms with E-state index >= 15 is 0 Å². The molecule has 0 bridgehead atoms. The SMILES string of the molecule is Cc1cn(CCN2CCOCC2)nc1C(=O)NC1CCOCC1. The Labute approximate surface area is 136 Å². The first-order valence-corrected chi connectivity index (χ1v) is 8.45. The topological polar surface area (TPSA) is 68.6 Å². The summed E-state index contributed by atoms with van der Waals surface area (Å²) in [7, 11) is 0. The number of carbonyl (C=O) groups is 1. The van der Waals surface area contributed by atoms with Gasteiger partial charge in [-0.05, 0) is 19.8 Å². The highest BCUT2D eigenvalue weighted by atomic mass is 16.5. The Kier molecular flexibility index (Phi) is 5.64. The van der Waals surface area contributed by atoms with Crippen molar-refractivity contribution in [3.8, 4) is 0 Å². The van der Waals surface area contributed by atoms with Gasteiger partial charge in [0.15, 0.2) is 5.69 Å². The van der Waals surface area contributed by atoms with Crippen LogP contribution in [0.2, 0.25) is 0 Å². The Morgan fingerprint density at radius 3 is 2.65 bits per heavy atom. The minimum absolute atomic E-state index is 0.0699. The van der Waals surface area contributed by atoms with Gasteiger partial charge in [-0.25, -0.2) is 0 Å². The maximum atomic E-state index is 12.4. The van der Waals surface area contributed by atoms with E-state index in [4.69, 9.17) is 9.47 Å². The van der Waals surface area contributed by atoms with Crippen molar-refractivity contribution in [3.63, 3.8) is 0 Å². The van der Waals surface area contributed by atoms with Gasteiger partial charge in [-0.2, -0.15) is 5.10 Å². The molecule has 1 aromatic heterocycles. The molecule has 2 fully saturated rings. The van der Waals surface area contributed by atoms with Gasteiger partial charge in [0.05, 0.1) is 19.8 Å². The number of nitrogens with one attached hydrogen (secondary N) is 1. The van der Waals surface area contributed by atoms with E-state index in [0.29, 0.717) is 5.69 Å². The molecule has 2 aliphatic rings. The summed E-state index contributed by atoms with van der Waals surface area (Å²) in [6, 6.07) is 0.203. The van der Waals surface area contributed by atoms with Crippen molar-refractivity contribution in [1.29, 1.82) is 0 Å². The van der Waals surface area contributed by atoms with Crippen molar-refractivity contribution in [3.05, 3.63) is 17.5 Å². The van der Waals surface area contributed by atoms with E-state index in [2.05, 4.69) is 15.3 Å². The Bertz CT molecular complexity index is 519. The Hall–Kier alpha value is -1.44. The number of rotatable bonds is 5. The van der Waals surface area contributed by atoms with E-state index in [0.717, 1.165) is 71.0 Å². The highest BCUT2D eigenvalue weighted by Crippen LogP contribution is 2.10. The molecule has 1 aromatic rings. The van der Waals surface area contributed by atoms with Crippen LogP contribution in [0.3, 0.4) is 0 Å². The standard InChI is InChI=1S/C16H26N4O3/c1-13-12-20(5-4-19-6-10-23-11-7-19)18-15(13)16(21)17-14-2-8-22-9-3-14/h12,14H,2-11H2,1H3,(H,17,21). The van der Waals surface area contributed by atoms with Crippen LogP contribution in [0, 0.1) is 6.92 Å². The molecule has 0 aromatic carbocycles. The van der Waals surface area contributed by atoms with Gasteiger partial charge in [-0.1, -0.05) is 0 Å². The molecule has 3 heterocycles. The lowest BCUT2D eigenvalue weighted by Gasteiger charge is -2.26. The summed E-state index contributed by atoms with van der Waals surface area (Å²) in [4.78, 5) is 14.8. The number of hydrogen-bond donors (Lipinski definition) is 1. The number of aromatic nitrogens is 2. The molecule has 1 amide bonds. The predicted molar refractivity (Wildman–Crippen MR) is 85.5 cm³/mol. The molecule has 23 heavy (non-hydrogen) atoms. The number of ether oxygens (including phenoxy) is 2. The molecule has 7 heteroatoms. The summed E-state index contributed by atoms with van der Waals surface area (Å²) >= 11 is 0. The molecule has 2 saturated heterocycles. The molecule has 3 rings (SSSR count). The highest BCUT2D eigenvalue weighted by molar-refractivity contribution is 5.93. The quantitative estimate of drug-likeness (QED) is 0.851. The van der Waals surface area contributed by atoms with Gasteiger partial charge in [0, 0.05) is 50.7 Å². The lowest BCUT2D eigenvalue weighted by atomic mass is 10.1. The molecule has 0 radical (unpaired) electrons. The zero-order valence-electron chi connectivity index (χ0n) is 13.8. The Morgan fingerprint density at radius 2 is 1.91 bits per heavy atom. The molecule has 0 spiro atoms. The van der Waals surface area contributed by atoms with Crippen molar-refractivity contribution in [2.24, 2.45) is 0 Å². The van der Waals surface area contributed by atoms with Crippen LogP contribution in [-0.2, 0) is 16.0 Å². The van der Waals surface area contributed by atoms with E-state index in [1.165, 1.54) is 0 Å². The Morgan fingerprint density at radius 1 is 1.22 bits per heavy atom. The summed E-state index contributed by atoms with van der Waals surface area (Å²) in [6.45, 7) is 8.66. The number of carbonyl (C=O) groups excluding carboxylic acids is 1. The molecule has 0 saturated carbocycles. The molecule has 0 atom stereocenters. The van der Waals surface area contributed by atoms with E-state index in [1.54, 1.807) is 0 Å². The third-order valence-corrected chi connectivity index (χ3v) is 4.47. The summed E-state index contributed by atoms with van der Waals surface area (Å²) < 4.78 is 12.6. The number of amides is 1. The third kappa shape index (κ3) is 4.53. The van der Waals surface area contributed by atoms with Crippen LogP contribution in [0.15, 0.2) is 6.20 Å². The minimum Gasteiger partial charge on any atom is -0.381 e. The monoisotopic (exact) mass is 322 g/mol. The molecule has 128 valence electrons. The lowest BCUT2D eigenvalue weighted by Crippen LogP contribution is -2.39. The summed E-state index contributed by atoms with van der Waals surface area (Å²) in [5.41, 5.74) is 1.47. The van der Waals surface area contributed by atoms with E-state index < -0.39 is 0 Å². The van der Waals surface area contributed by atoms with Gasteiger partial charge in [0.25, 0.3) is 5.91 Å². The number of hydrogen-bond acceptors (Lipinski definition) is 5. The first-order valence-electron chi connectivity index (χ1n) is 8.45. The third-order valence-electron chi connectivity index (χ3n) is 4.47. The fourth-order valence-corrected chi connectivity index (χ4v) is 3.02. The van der Waals surface area contributed by atoms with Crippen LogP contribution >= 0.6 is 0 Å². The Balaban J connectivity index is 1.53. The first-order chi connectivity index (χ1) is 11.2. The van der Waals surface area contributed by atoms with Gasteiger partial charge in [-0.15, -0.1) is 0 Å². The summed E-state index contributed by atoms with van der Waals surface area (Å²) in [5, 5.41) is 7.55. The van der Waals surface area contributed by atoms with Gasteiger partial charge >= 0.3 is 0 Å². The maximum absolute atomic E-state index is 12.4. The smallest absolute Gasteiger partial charge is 0.272 e. The van der Waals surface area contributed by atoms with E-state index in [1.807, 2.05) is 17.8 Å². The second kappa shape index (κ2) is 7.90. The molecule has 0 unspecified atom stereocenters. The summed E-state index contributed by atoms with van der Waals surface area (Å²) in [5.74, 6) is -0.0699. The van der Waals surface area contributed by atoms with Crippen molar-refractivity contribution < 1.29 is 14.3 Å². The van der Waals surface area contributed by atoms with Crippen molar-refractivity contribution >= 4 is 5.91 Å². The van der Waals surface area contributed by atoms with Crippen LogP contribution in [0.1, 0.15) is 28.9 Å². The number of morpholine rings is 1. The molecular weight excluding hydrogens is 296 g/mol. The second-order valence-corrected chi connectivity index (χ2v) is 6.24. The van der Waals surface area contributed by atoms with Crippen molar-refractivity contribution in [2.75, 3.05) is 46.1 Å². The molecule has 2 aliphatic heterocycles. The fraction of sp³-hybridized carbons (Fsp3) is 0.750. The van der Waals surface area contributed by atoms with Crippen LogP contribution in [-0.4, -0.2) is 72.7 Å². The van der Waals surface area contributed by atoms with Crippen LogP contribution in [0.5, 0.6) is 0 Å². The zero-order valence-corrected chi connectivity index (χ0v) is 13.8. The molecule has 7 nitrogen and oxygen atoms in total. The normalized spacial score (nSPS) is 20.6. The number of aryl methyl sites for hydroxylation is 1. The largest absolute Gasteiger partial charge is 0.381 e. The molecule has 0 aliphatic carbocycles. The number of nitrogens with zero attached hydrogens (tertiary/aromatic N) is 3. The highest BCUT2D eigenvalue weighted by Gasteiger charge is 2.20.